The van der Waals surface area contributed by atoms with Crippen molar-refractivity contribution in [3.05, 3.63) is 0 Å². The summed E-state index contributed by atoms with van der Waals surface area (Å²) in [6.45, 7) is 0.530. The second kappa shape index (κ2) is 11.8. The Labute approximate surface area is 163 Å². The summed E-state index contributed by atoms with van der Waals surface area (Å²) >= 11 is 3.01. The highest BCUT2D eigenvalue weighted by Gasteiger charge is 2.32. The van der Waals surface area contributed by atoms with Gasteiger partial charge in [0, 0.05) is 32.5 Å². The van der Waals surface area contributed by atoms with Crippen molar-refractivity contribution in [1.29, 1.82) is 0 Å². The normalized spacial score (nSPS) is 14.0. The lowest BCUT2D eigenvalue weighted by Crippen LogP contribution is -2.43. The van der Waals surface area contributed by atoms with Gasteiger partial charge in [0.15, 0.2) is 0 Å². The minimum Gasteiger partial charge on any atom is -0.451 e. The number of carbonyl (C=O) groups is 5. The Hall–Kier alpha value is -2.70. The summed E-state index contributed by atoms with van der Waals surface area (Å²) in [7, 11) is 1.15. The van der Waals surface area contributed by atoms with Gasteiger partial charge in [0.25, 0.3) is 11.8 Å². The third-order valence-electron chi connectivity index (χ3n) is 3.06. The SMILES string of the molecule is COC(=O)/N=C(/NCCNC(=O)CBr)NCCC(=O)ON1C(=O)CCC1=O. The number of hydrogen-bond donors (Lipinski definition) is 3. The summed E-state index contributed by atoms with van der Waals surface area (Å²) in [6.07, 6.45) is -1.05. The van der Waals surface area contributed by atoms with Crippen molar-refractivity contribution in [1.82, 2.24) is 21.0 Å². The van der Waals surface area contributed by atoms with E-state index in [0.29, 0.717) is 5.06 Å². The van der Waals surface area contributed by atoms with Crippen LogP contribution < -0.4 is 16.0 Å². The lowest BCUT2D eigenvalue weighted by atomic mass is 10.4. The lowest BCUT2D eigenvalue weighted by Gasteiger charge is -2.14. The minimum absolute atomic E-state index is 0.00560. The van der Waals surface area contributed by atoms with E-state index in [1.54, 1.807) is 0 Å². The van der Waals surface area contributed by atoms with Crippen LogP contribution in [-0.2, 0) is 28.8 Å². The maximum atomic E-state index is 11.7. The standard InChI is InChI=1S/C14H20BrN5O7/c1-26-14(25)19-13(18-7-6-16-9(21)8-15)17-5-4-12(24)27-20-10(22)2-3-11(20)23/h2-8H2,1H3,(H,16,21)(H2,17,18,19,25). The fourth-order valence-corrected chi connectivity index (χ4v) is 2.00. The molecule has 0 atom stereocenters. The highest BCUT2D eigenvalue weighted by atomic mass is 79.9. The van der Waals surface area contributed by atoms with Crippen LogP contribution in [0, 0.1) is 0 Å². The third kappa shape index (κ3) is 8.48. The van der Waals surface area contributed by atoms with Crippen LogP contribution >= 0.6 is 15.9 Å². The van der Waals surface area contributed by atoms with Crippen molar-refractivity contribution in [2.75, 3.05) is 32.1 Å². The molecule has 12 nitrogen and oxygen atoms in total. The molecule has 0 aromatic heterocycles. The van der Waals surface area contributed by atoms with E-state index in [0.717, 1.165) is 7.11 Å². The summed E-state index contributed by atoms with van der Waals surface area (Å²) in [5.74, 6) is -2.11. The molecule has 0 radical (unpaired) electrons. The van der Waals surface area contributed by atoms with Crippen molar-refractivity contribution in [3.63, 3.8) is 0 Å². The van der Waals surface area contributed by atoms with Gasteiger partial charge in [-0.1, -0.05) is 15.9 Å². The molecule has 150 valence electrons. The van der Waals surface area contributed by atoms with Gasteiger partial charge in [-0.3, -0.25) is 14.4 Å². The first-order chi connectivity index (χ1) is 12.9. The molecular formula is C14H20BrN5O7. The molecule has 0 bridgehead atoms. The largest absolute Gasteiger partial charge is 0.451 e. The first kappa shape index (κ1) is 22.3. The first-order valence-corrected chi connectivity index (χ1v) is 9.03. The molecule has 0 unspecified atom stereocenters. The molecule has 0 saturated carbocycles. The quantitative estimate of drug-likeness (QED) is 0.136. The number of alkyl halides is 1. The second-order valence-corrected chi connectivity index (χ2v) is 5.62. The number of ether oxygens (including phenoxy) is 1. The molecule has 3 N–H and O–H groups in total. The fraction of sp³-hybridized carbons (Fsp3) is 0.571. The Balaban J connectivity index is 2.41. The molecule has 1 saturated heterocycles. The number of imide groups is 1. The zero-order valence-corrected chi connectivity index (χ0v) is 16.2. The highest BCUT2D eigenvalue weighted by Crippen LogP contribution is 2.12. The zero-order valence-electron chi connectivity index (χ0n) is 14.6. The molecule has 1 aliphatic rings. The van der Waals surface area contributed by atoms with Gasteiger partial charge >= 0.3 is 12.1 Å². The van der Waals surface area contributed by atoms with Gasteiger partial charge in [-0.15, -0.1) is 10.1 Å². The van der Waals surface area contributed by atoms with Crippen molar-refractivity contribution in [2.45, 2.75) is 19.3 Å². The number of hydrogen-bond acceptors (Lipinski definition) is 7. The van der Waals surface area contributed by atoms with Gasteiger partial charge in [0.2, 0.25) is 11.9 Å². The topological polar surface area (TPSA) is 155 Å². The van der Waals surface area contributed by atoms with E-state index >= 15 is 0 Å². The van der Waals surface area contributed by atoms with E-state index in [1.165, 1.54) is 0 Å². The molecule has 1 aliphatic heterocycles. The van der Waals surface area contributed by atoms with Crippen LogP contribution in [0.4, 0.5) is 4.79 Å². The number of carbonyl (C=O) groups excluding carboxylic acids is 5. The van der Waals surface area contributed by atoms with Gasteiger partial charge in [-0.2, -0.15) is 0 Å². The highest BCUT2D eigenvalue weighted by molar-refractivity contribution is 9.09. The molecule has 0 spiro atoms. The molecule has 0 aromatic carbocycles. The van der Waals surface area contributed by atoms with Crippen LogP contribution in [0.2, 0.25) is 0 Å². The van der Waals surface area contributed by atoms with Crippen LogP contribution in [0.15, 0.2) is 4.99 Å². The summed E-state index contributed by atoms with van der Waals surface area (Å²) in [5, 5.41) is 8.66. The molecule has 1 rings (SSSR count). The Morgan fingerprint density at radius 1 is 1.07 bits per heavy atom. The average Bonchev–Trinajstić information content (AvgIpc) is 2.96. The van der Waals surface area contributed by atoms with Crippen LogP contribution in [0.5, 0.6) is 0 Å². The predicted molar refractivity (Wildman–Crippen MR) is 94.4 cm³/mol. The van der Waals surface area contributed by atoms with Crippen molar-refractivity contribution in [3.8, 4) is 0 Å². The molecule has 13 heteroatoms. The first-order valence-electron chi connectivity index (χ1n) is 7.91. The Morgan fingerprint density at radius 2 is 1.67 bits per heavy atom. The van der Waals surface area contributed by atoms with Crippen LogP contribution in [0.1, 0.15) is 19.3 Å². The van der Waals surface area contributed by atoms with Crippen molar-refractivity contribution < 1.29 is 33.5 Å². The number of amides is 4. The van der Waals surface area contributed by atoms with Crippen molar-refractivity contribution in [2.24, 2.45) is 4.99 Å². The van der Waals surface area contributed by atoms with E-state index in [4.69, 9.17) is 4.84 Å². The van der Waals surface area contributed by atoms with Crippen LogP contribution in [0.3, 0.4) is 0 Å². The van der Waals surface area contributed by atoms with Gasteiger partial charge < -0.3 is 25.5 Å². The predicted octanol–water partition coefficient (Wildman–Crippen LogP) is -1.20. The molecular weight excluding hydrogens is 430 g/mol. The number of nitrogens with zero attached hydrogens (tertiary/aromatic N) is 2. The molecule has 0 aliphatic carbocycles. The number of methoxy groups -OCH3 is 1. The van der Waals surface area contributed by atoms with Gasteiger partial charge in [0.1, 0.15) is 0 Å². The summed E-state index contributed by atoms with van der Waals surface area (Å²) in [5.41, 5.74) is 0. The van der Waals surface area contributed by atoms with E-state index in [2.05, 4.69) is 41.6 Å². The van der Waals surface area contributed by atoms with E-state index < -0.39 is 23.9 Å². The lowest BCUT2D eigenvalue weighted by molar-refractivity contribution is -0.197. The molecule has 0 aromatic rings. The molecule has 1 heterocycles. The Bertz CT molecular complexity index is 609. The number of hydroxylamine groups is 2. The monoisotopic (exact) mass is 449 g/mol. The number of guanidine groups is 1. The summed E-state index contributed by atoms with van der Waals surface area (Å²) < 4.78 is 4.43. The number of aliphatic imine (C=N–C) groups is 1. The van der Waals surface area contributed by atoms with Crippen LogP contribution in [-0.4, -0.2) is 72.9 Å². The smallest absolute Gasteiger partial charge is 0.436 e. The maximum Gasteiger partial charge on any atom is 0.436 e. The van der Waals surface area contributed by atoms with Gasteiger partial charge in [0.05, 0.1) is 18.9 Å². The molecule has 1 fully saturated rings. The summed E-state index contributed by atoms with van der Waals surface area (Å²) in [4.78, 5) is 65.1. The molecule has 27 heavy (non-hydrogen) atoms. The average molecular weight is 450 g/mol. The van der Waals surface area contributed by atoms with Crippen LogP contribution in [0.25, 0.3) is 0 Å². The van der Waals surface area contributed by atoms with E-state index in [9.17, 15) is 24.0 Å². The number of rotatable bonds is 8. The maximum absolute atomic E-state index is 11.7. The zero-order chi connectivity index (χ0) is 20.2. The number of halogens is 1. The second-order valence-electron chi connectivity index (χ2n) is 5.06. The van der Waals surface area contributed by atoms with E-state index in [-0.39, 0.29) is 56.1 Å². The minimum atomic E-state index is -0.870. The van der Waals surface area contributed by atoms with Gasteiger partial charge in [-0.05, 0) is 0 Å². The van der Waals surface area contributed by atoms with E-state index in [1.807, 2.05) is 0 Å². The molecule has 4 amide bonds. The third-order valence-corrected chi connectivity index (χ3v) is 3.57. The van der Waals surface area contributed by atoms with Crippen molar-refractivity contribution >= 4 is 51.7 Å². The summed E-state index contributed by atoms with van der Waals surface area (Å²) in [6, 6.07) is 0. The Kier molecular flexibility index (Phi) is 9.79. The van der Waals surface area contributed by atoms with Gasteiger partial charge in [-0.25, -0.2) is 9.59 Å². The fourth-order valence-electron chi connectivity index (χ4n) is 1.80. The number of nitrogens with one attached hydrogen (secondary N) is 3. The Morgan fingerprint density at radius 3 is 2.26 bits per heavy atom.